The summed E-state index contributed by atoms with van der Waals surface area (Å²) in [6, 6.07) is 11.0. The third kappa shape index (κ3) is 3.05. The molecule has 0 fully saturated rings. The van der Waals surface area contributed by atoms with Gasteiger partial charge in [0.15, 0.2) is 0 Å². The van der Waals surface area contributed by atoms with Crippen molar-refractivity contribution < 1.29 is 18.3 Å². The lowest BCUT2D eigenvalue weighted by Gasteiger charge is -2.10. The number of sulfonamides is 1. The molecule has 0 aliphatic carbocycles. The van der Waals surface area contributed by atoms with Crippen LogP contribution in [0.5, 0.6) is 5.75 Å². The predicted molar refractivity (Wildman–Crippen MR) is 78.7 cm³/mol. The van der Waals surface area contributed by atoms with Gasteiger partial charge in [-0.05, 0) is 37.1 Å². The molecule has 0 aliphatic rings. The van der Waals surface area contributed by atoms with Crippen molar-refractivity contribution in [3.05, 3.63) is 59.2 Å². The monoisotopic (exact) mass is 305 g/mol. The summed E-state index contributed by atoms with van der Waals surface area (Å²) >= 11 is 0. The van der Waals surface area contributed by atoms with E-state index in [4.69, 9.17) is 0 Å². The Morgan fingerprint density at radius 2 is 1.62 bits per heavy atom. The molecule has 6 heteroatoms. The fourth-order valence-electron chi connectivity index (χ4n) is 1.91. The topological polar surface area (TPSA) is 83.5 Å². The average Bonchev–Trinajstić information content (AvgIpc) is 2.41. The first kappa shape index (κ1) is 15.1. The van der Waals surface area contributed by atoms with Crippen molar-refractivity contribution in [2.45, 2.75) is 18.7 Å². The zero-order valence-electron chi connectivity index (χ0n) is 11.6. The summed E-state index contributed by atoms with van der Waals surface area (Å²) in [6.07, 6.45) is 0. The van der Waals surface area contributed by atoms with Crippen LogP contribution in [-0.2, 0) is 10.0 Å². The number of phenolic OH excluding ortho intramolecular Hbond substituents is 1. The number of para-hydroxylation sites is 1. The Morgan fingerprint density at radius 3 is 2.29 bits per heavy atom. The first-order chi connectivity index (χ1) is 9.83. The van der Waals surface area contributed by atoms with Gasteiger partial charge in [-0.3, -0.25) is 4.79 Å². The second-order valence-corrected chi connectivity index (χ2v) is 6.32. The van der Waals surface area contributed by atoms with Gasteiger partial charge in [0.05, 0.1) is 0 Å². The molecule has 0 radical (unpaired) electrons. The number of carbonyl (C=O) groups is 1. The van der Waals surface area contributed by atoms with Crippen molar-refractivity contribution in [2.24, 2.45) is 0 Å². The molecule has 2 N–H and O–H groups in total. The van der Waals surface area contributed by atoms with Gasteiger partial charge in [0.25, 0.3) is 15.9 Å². The van der Waals surface area contributed by atoms with Crippen LogP contribution >= 0.6 is 0 Å². The van der Waals surface area contributed by atoms with Crippen LogP contribution < -0.4 is 4.72 Å². The van der Waals surface area contributed by atoms with E-state index in [1.54, 1.807) is 38.1 Å². The van der Waals surface area contributed by atoms with Crippen LogP contribution in [0.3, 0.4) is 0 Å². The number of amides is 1. The largest absolute Gasteiger partial charge is 0.506 e. The van der Waals surface area contributed by atoms with Gasteiger partial charge in [-0.2, -0.15) is 0 Å². The molecule has 0 aromatic heterocycles. The van der Waals surface area contributed by atoms with E-state index in [1.807, 2.05) is 4.72 Å². The molecule has 0 aliphatic heterocycles. The van der Waals surface area contributed by atoms with Crippen molar-refractivity contribution >= 4 is 15.9 Å². The molecule has 0 saturated heterocycles. The minimum atomic E-state index is -4.13. The fraction of sp³-hybridized carbons (Fsp3) is 0.133. The number of rotatable bonds is 3. The highest BCUT2D eigenvalue weighted by Crippen LogP contribution is 2.25. The normalized spacial score (nSPS) is 11.1. The summed E-state index contributed by atoms with van der Waals surface area (Å²) in [4.78, 5) is 11.8. The number of nitrogens with one attached hydrogen (secondary N) is 1. The molecule has 110 valence electrons. The standard InChI is InChI=1S/C15H15NO4S/c1-10-6-3-4-8-12(10)15(18)16-21(19,20)13-9-5-7-11(2)14(13)17/h3-9,17H,1-2H3,(H,16,18). The third-order valence-corrected chi connectivity index (χ3v) is 4.47. The van der Waals surface area contributed by atoms with Gasteiger partial charge in [0.2, 0.25) is 0 Å². The Kier molecular flexibility index (Phi) is 3.99. The third-order valence-electron chi connectivity index (χ3n) is 3.11. The number of aryl methyl sites for hydroxylation is 2. The van der Waals surface area contributed by atoms with E-state index in [1.165, 1.54) is 18.2 Å². The van der Waals surface area contributed by atoms with Crippen molar-refractivity contribution in [3.8, 4) is 5.75 Å². The van der Waals surface area contributed by atoms with Crippen LogP contribution in [0, 0.1) is 13.8 Å². The summed E-state index contributed by atoms with van der Waals surface area (Å²) in [5, 5.41) is 9.84. The van der Waals surface area contributed by atoms with Crippen molar-refractivity contribution in [3.63, 3.8) is 0 Å². The number of hydrogen-bond donors (Lipinski definition) is 2. The summed E-state index contributed by atoms with van der Waals surface area (Å²) in [6.45, 7) is 3.29. The van der Waals surface area contributed by atoms with Crippen molar-refractivity contribution in [1.29, 1.82) is 0 Å². The molecule has 2 aromatic rings. The Balaban J connectivity index is 2.36. The predicted octanol–water partition coefficient (Wildman–Crippen LogP) is 2.13. The summed E-state index contributed by atoms with van der Waals surface area (Å²) in [7, 11) is -4.13. The van der Waals surface area contributed by atoms with Crippen LogP contribution in [0.4, 0.5) is 0 Å². The minimum absolute atomic E-state index is 0.271. The van der Waals surface area contributed by atoms with Gasteiger partial charge in [-0.15, -0.1) is 0 Å². The van der Waals surface area contributed by atoms with Gasteiger partial charge in [0, 0.05) is 5.56 Å². The maximum Gasteiger partial charge on any atom is 0.268 e. The maximum atomic E-state index is 12.2. The van der Waals surface area contributed by atoms with Crippen molar-refractivity contribution in [1.82, 2.24) is 4.72 Å². The summed E-state index contributed by atoms with van der Waals surface area (Å²) in [5.41, 5.74) is 1.35. The molecular weight excluding hydrogens is 290 g/mol. The van der Waals surface area contributed by atoms with Crippen LogP contribution in [0.1, 0.15) is 21.5 Å². The summed E-state index contributed by atoms with van der Waals surface area (Å²) < 4.78 is 26.4. The fourth-order valence-corrected chi connectivity index (χ4v) is 3.05. The number of aromatic hydroxyl groups is 1. The lowest BCUT2D eigenvalue weighted by atomic mass is 10.1. The van der Waals surface area contributed by atoms with E-state index in [0.29, 0.717) is 11.1 Å². The van der Waals surface area contributed by atoms with E-state index in [0.717, 1.165) is 0 Å². The highest BCUT2D eigenvalue weighted by atomic mass is 32.2. The van der Waals surface area contributed by atoms with Crippen LogP contribution in [-0.4, -0.2) is 19.4 Å². The molecule has 0 atom stereocenters. The summed E-state index contributed by atoms with van der Waals surface area (Å²) in [5.74, 6) is -1.09. The number of carbonyl (C=O) groups excluding carboxylic acids is 1. The van der Waals surface area contributed by atoms with Crippen LogP contribution in [0.15, 0.2) is 47.4 Å². The smallest absolute Gasteiger partial charge is 0.268 e. The van der Waals surface area contributed by atoms with E-state index < -0.39 is 15.9 Å². The van der Waals surface area contributed by atoms with E-state index >= 15 is 0 Å². The second-order valence-electron chi connectivity index (χ2n) is 4.67. The Labute approximate surface area is 123 Å². The Hall–Kier alpha value is -2.34. The quantitative estimate of drug-likeness (QED) is 0.910. The average molecular weight is 305 g/mol. The lowest BCUT2D eigenvalue weighted by Crippen LogP contribution is -2.31. The molecular formula is C15H15NO4S. The highest BCUT2D eigenvalue weighted by molar-refractivity contribution is 7.90. The highest BCUT2D eigenvalue weighted by Gasteiger charge is 2.23. The first-order valence-electron chi connectivity index (χ1n) is 6.24. The molecule has 2 rings (SSSR count). The Bertz CT molecular complexity index is 797. The van der Waals surface area contributed by atoms with Gasteiger partial charge >= 0.3 is 0 Å². The zero-order valence-corrected chi connectivity index (χ0v) is 12.4. The number of benzene rings is 2. The van der Waals surface area contributed by atoms with E-state index in [9.17, 15) is 18.3 Å². The van der Waals surface area contributed by atoms with Gasteiger partial charge in [0.1, 0.15) is 10.6 Å². The minimum Gasteiger partial charge on any atom is -0.506 e. The zero-order chi connectivity index (χ0) is 15.6. The van der Waals surface area contributed by atoms with Gasteiger partial charge in [-0.25, -0.2) is 13.1 Å². The molecule has 0 unspecified atom stereocenters. The number of hydrogen-bond acceptors (Lipinski definition) is 4. The lowest BCUT2D eigenvalue weighted by molar-refractivity contribution is 0.0981. The van der Waals surface area contributed by atoms with E-state index in [2.05, 4.69) is 0 Å². The molecule has 1 amide bonds. The second kappa shape index (κ2) is 5.57. The maximum absolute atomic E-state index is 12.2. The first-order valence-corrected chi connectivity index (χ1v) is 7.72. The van der Waals surface area contributed by atoms with E-state index in [-0.39, 0.29) is 16.2 Å². The van der Waals surface area contributed by atoms with Crippen LogP contribution in [0.25, 0.3) is 0 Å². The molecule has 0 bridgehead atoms. The van der Waals surface area contributed by atoms with Crippen molar-refractivity contribution in [2.75, 3.05) is 0 Å². The molecule has 5 nitrogen and oxygen atoms in total. The van der Waals surface area contributed by atoms with Gasteiger partial charge < -0.3 is 5.11 Å². The SMILES string of the molecule is Cc1ccccc1C(=O)NS(=O)(=O)c1cccc(C)c1O. The van der Waals surface area contributed by atoms with Gasteiger partial charge in [-0.1, -0.05) is 30.3 Å². The molecule has 0 saturated carbocycles. The molecule has 2 aromatic carbocycles. The molecule has 0 heterocycles. The number of phenols is 1. The molecule has 21 heavy (non-hydrogen) atoms. The molecule has 0 spiro atoms. The Morgan fingerprint density at radius 1 is 1.00 bits per heavy atom. The van der Waals surface area contributed by atoms with Crippen LogP contribution in [0.2, 0.25) is 0 Å².